The summed E-state index contributed by atoms with van der Waals surface area (Å²) in [6, 6.07) is 68.1. The topological polar surface area (TPSA) is 251 Å². The first-order chi connectivity index (χ1) is 58.4. The van der Waals surface area contributed by atoms with Crippen LogP contribution in [0.1, 0.15) is 120 Å². The average molecular weight is 1690 g/mol. The van der Waals surface area contributed by atoms with Gasteiger partial charge in [0.05, 0.1) is 49.5 Å². The second-order valence-electron chi connectivity index (χ2n) is 29.2. The zero-order valence-corrected chi connectivity index (χ0v) is 69.7. The summed E-state index contributed by atoms with van der Waals surface area (Å²) in [6.45, 7) is 8.10. The van der Waals surface area contributed by atoms with Crippen LogP contribution in [0.4, 0.5) is 30.2 Å². The molecule has 0 radical (unpaired) electrons. The molecule has 0 bridgehead atoms. The number of nitrogens with one attached hydrogen (secondary N) is 1. The lowest BCUT2D eigenvalue weighted by Gasteiger charge is -2.26. The molecule has 0 unspecified atom stereocenters. The Balaban J connectivity index is 0.000000137. The van der Waals surface area contributed by atoms with Gasteiger partial charge in [-0.25, -0.2) is 40.0 Å². The number of pyridine rings is 3. The van der Waals surface area contributed by atoms with Gasteiger partial charge in [0, 0.05) is 118 Å². The van der Waals surface area contributed by atoms with Crippen molar-refractivity contribution in [2.75, 3.05) is 35.1 Å². The van der Waals surface area contributed by atoms with Gasteiger partial charge in [0.1, 0.15) is 46.2 Å². The van der Waals surface area contributed by atoms with Gasteiger partial charge in [-0.05, 0) is 139 Å². The predicted octanol–water partition coefficient (Wildman–Crippen LogP) is 18.5. The van der Waals surface area contributed by atoms with Crippen LogP contribution in [-0.4, -0.2) is 100 Å². The number of nitrogens with zero attached hydrogens (tertiary/aromatic N) is 10. The van der Waals surface area contributed by atoms with Gasteiger partial charge in [-0.2, -0.15) is 0 Å². The first kappa shape index (κ1) is 81.3. The third-order valence-corrected chi connectivity index (χ3v) is 28.2. The van der Waals surface area contributed by atoms with Gasteiger partial charge in [0.25, 0.3) is 37.8 Å². The Kier molecular flexibility index (Phi) is 22.7. The molecule has 10 aromatic carbocycles. The molecule has 0 spiro atoms. The van der Waals surface area contributed by atoms with Crippen LogP contribution in [0.2, 0.25) is 0 Å². The number of carbonyl (C=O) groups excluding carboxylic acids is 3. The molecule has 2 N–H and O–H groups in total. The van der Waals surface area contributed by atoms with Gasteiger partial charge in [0.2, 0.25) is 0 Å². The summed E-state index contributed by atoms with van der Waals surface area (Å²) in [5.41, 5.74) is 11.9. The smallest absolute Gasteiger partial charge is 0.275 e. The summed E-state index contributed by atoms with van der Waals surface area (Å²) in [7, 11) is -3.33. The molecule has 0 aliphatic carbocycles. The number of fused-ring (bicyclic) bond motifs is 6. The number of aryl methyl sites for hydroxylation is 4. The number of sulfonamides is 2. The number of thiazole rings is 2. The minimum Gasteiger partial charge on any atom is -0.505 e. The molecule has 0 atom stereocenters. The van der Waals surface area contributed by atoms with Crippen molar-refractivity contribution in [1.82, 2.24) is 39.6 Å². The number of hydrogen-bond donors (Lipinski definition) is 2. The van der Waals surface area contributed by atoms with Crippen LogP contribution in [0.3, 0.4) is 0 Å². The van der Waals surface area contributed by atoms with Crippen molar-refractivity contribution in [3.63, 3.8) is 0 Å². The average Bonchev–Trinajstić information content (AvgIpc) is 1.64. The van der Waals surface area contributed by atoms with Gasteiger partial charge in [-0.15, -0.1) is 22.7 Å². The number of benzene rings is 10. The highest BCUT2D eigenvalue weighted by Gasteiger charge is 2.43. The van der Waals surface area contributed by atoms with Crippen molar-refractivity contribution >= 4 is 110 Å². The van der Waals surface area contributed by atoms with E-state index < -0.39 is 38.2 Å². The van der Waals surface area contributed by atoms with Gasteiger partial charge < -0.3 is 34.6 Å². The Morgan fingerprint density at radius 1 is 0.430 bits per heavy atom. The normalized spacial score (nSPS) is 13.0. The number of anilines is 3. The van der Waals surface area contributed by atoms with Gasteiger partial charge in [-0.3, -0.25) is 37.9 Å². The predicted molar refractivity (Wildman–Crippen MR) is 461 cm³/mol. The molecule has 28 heteroatoms. The van der Waals surface area contributed by atoms with E-state index in [1.807, 2.05) is 141 Å². The molecular weight excluding hydrogens is 1620 g/mol. The van der Waals surface area contributed by atoms with Gasteiger partial charge >= 0.3 is 0 Å². The lowest BCUT2D eigenvalue weighted by Crippen LogP contribution is -2.28. The van der Waals surface area contributed by atoms with Crippen LogP contribution in [0.5, 0.6) is 17.2 Å². The lowest BCUT2D eigenvalue weighted by molar-refractivity contribution is 0.0755. The number of phenolic OH excluding ortho intramolecular Hbond substituents is 1. The third-order valence-electron chi connectivity index (χ3n) is 21.4. The van der Waals surface area contributed by atoms with Crippen LogP contribution in [0, 0.1) is 45.1 Å². The number of aromatic hydroxyl groups is 1. The molecule has 5 aromatic heterocycles. The Morgan fingerprint density at radius 2 is 0.744 bits per heavy atom. The van der Waals surface area contributed by atoms with Crippen molar-refractivity contribution in [1.29, 1.82) is 0 Å². The quantitative estimate of drug-likeness (QED) is 0.0678. The van der Waals surface area contributed by atoms with E-state index in [2.05, 4.69) is 25.3 Å². The highest BCUT2D eigenvalue weighted by Crippen LogP contribution is 2.51. The van der Waals surface area contributed by atoms with Crippen molar-refractivity contribution in [3.05, 3.63) is 360 Å². The van der Waals surface area contributed by atoms with Crippen LogP contribution < -0.4 is 23.4 Å². The van der Waals surface area contributed by atoms with Crippen LogP contribution in [0.25, 0.3) is 32.7 Å². The van der Waals surface area contributed by atoms with E-state index in [4.69, 9.17) is 14.5 Å². The molecule has 3 aliphatic rings. The first-order valence-electron chi connectivity index (χ1n) is 38.5. The maximum Gasteiger partial charge on any atom is 0.275 e. The largest absolute Gasteiger partial charge is 0.505 e. The molecule has 3 aliphatic heterocycles. The minimum absolute atomic E-state index is 0.0209. The molecule has 610 valence electrons. The van der Waals surface area contributed by atoms with E-state index in [9.17, 15) is 49.5 Å². The van der Waals surface area contributed by atoms with Gasteiger partial charge in [-0.1, -0.05) is 158 Å². The standard InChI is InChI=1S/C37H31FN4O4S2.C32H26FN3O2.C24H21FN4O4S2/c1-23-37(47-24(2)40-23)48(44,45)41(3)33-29-15-10-20-39-32(29)35(46-34(26-11-6-4-7-12-26)27-13-8-5-9-14-27)31-30(33)22-42(36(31)43)21-25-16-18-28(38)19-17-25;1-34-28-25-13-8-18-35-29(25)31(38-30(22-9-4-2-5-10-22)23-11-6-3-7-12-23)27-26(28)20-36(32(27)37)19-21-14-16-24(33)17-15-21;1-13-24(34-14(2)27-13)35(32,33)28(3)21-17-5-4-10-26-20(17)22(30)19-18(21)12-29(23(19)31)11-15-6-8-16(25)9-7-15/h4-20,34H,21-22H2,1-3H3;2-18,30,34H,19-20H2,1H3;4-10,30H,11-12H2,1-3H3. The molecule has 8 heterocycles. The van der Waals surface area contributed by atoms with Crippen LogP contribution in [0.15, 0.2) is 258 Å². The number of carbonyl (C=O) groups is 3. The van der Waals surface area contributed by atoms with E-state index >= 15 is 0 Å². The number of aromatic nitrogens is 5. The Hall–Kier alpha value is -13.4. The summed E-state index contributed by atoms with van der Waals surface area (Å²) >= 11 is 2.18. The molecule has 0 fully saturated rings. The maximum absolute atomic E-state index is 14.5. The SMILES string of the molecule is CNc1c2c(c(OC(c3ccccc3)c3ccccc3)c3ncccc13)C(=O)N(Cc1ccc(F)cc1)C2.Cc1nc(C)c(S(=O)(=O)N(C)c2c3c(c(O)c4ncccc24)C(=O)N(Cc2ccc(F)cc2)C3)s1.Cc1nc(C)c(S(=O)(=O)N(C)c2c3c(c(OC(c4ccccc4)c4ccccc4)c4ncccc24)C(=O)N(Cc2ccc(F)cc2)C3)s1. The molecule has 15 aromatic rings. The zero-order chi connectivity index (χ0) is 84.7. The van der Waals surface area contributed by atoms with Gasteiger partial charge in [0.15, 0.2) is 25.7 Å². The summed E-state index contributed by atoms with van der Waals surface area (Å²) < 4.78 is 113. The summed E-state index contributed by atoms with van der Waals surface area (Å²) in [6.07, 6.45) is 3.75. The van der Waals surface area contributed by atoms with Crippen LogP contribution in [-0.2, 0) is 59.3 Å². The Bertz CT molecular complexity index is 6670. The molecule has 121 heavy (non-hydrogen) atoms. The maximum atomic E-state index is 14.5. The van der Waals surface area contributed by atoms with E-state index in [-0.39, 0.29) is 97.7 Å². The number of rotatable bonds is 21. The van der Waals surface area contributed by atoms with Crippen LogP contribution >= 0.6 is 22.7 Å². The van der Waals surface area contributed by atoms with E-state index in [0.29, 0.717) is 90.0 Å². The van der Waals surface area contributed by atoms with E-state index in [0.717, 1.165) is 77.0 Å². The lowest BCUT2D eigenvalue weighted by atomic mass is 9.99. The molecule has 21 nitrogen and oxygen atoms in total. The summed E-state index contributed by atoms with van der Waals surface area (Å²) in [5, 5.41) is 17.4. The zero-order valence-electron chi connectivity index (χ0n) is 66.4. The van der Waals surface area contributed by atoms with Crippen molar-refractivity contribution in [3.8, 4) is 17.2 Å². The molecule has 0 saturated carbocycles. The second kappa shape index (κ2) is 33.8. The number of halogens is 3. The van der Waals surface area contributed by atoms with E-state index in [1.54, 1.807) is 111 Å². The molecule has 3 amide bonds. The highest BCUT2D eigenvalue weighted by molar-refractivity contribution is 7.95. The number of amides is 3. The van der Waals surface area contributed by atoms with Crippen molar-refractivity contribution in [2.45, 2.75) is 87.6 Å². The minimum atomic E-state index is -4.09. The Morgan fingerprint density at radius 3 is 1.10 bits per heavy atom. The fourth-order valence-corrected chi connectivity index (χ4v) is 21.6. The number of hydrogen-bond acceptors (Lipinski definition) is 18. The molecular formula is C93H78F3N11O10S4. The Labute approximate surface area is 704 Å². The van der Waals surface area contributed by atoms with Crippen molar-refractivity contribution in [2.24, 2.45) is 0 Å². The molecule has 18 rings (SSSR count). The van der Waals surface area contributed by atoms with E-state index in [1.165, 1.54) is 65.9 Å². The number of ether oxygens (including phenoxy) is 2. The fourth-order valence-electron chi connectivity index (χ4n) is 15.8. The summed E-state index contributed by atoms with van der Waals surface area (Å²) in [4.78, 5) is 69.0. The third kappa shape index (κ3) is 15.8. The molecule has 0 saturated heterocycles. The monoisotopic (exact) mass is 1690 g/mol. The van der Waals surface area contributed by atoms with Crippen molar-refractivity contribution < 1.29 is 59.0 Å². The fraction of sp³-hybridized carbons (Fsp3) is 0.161. The summed E-state index contributed by atoms with van der Waals surface area (Å²) in [5.74, 6) is -1.54. The first-order valence-corrected chi connectivity index (χ1v) is 43.1. The highest BCUT2D eigenvalue weighted by atomic mass is 32.3. The number of phenols is 1. The second-order valence-corrected chi connectivity index (χ2v) is 36.0.